The minimum absolute atomic E-state index is 0.188. The summed E-state index contributed by atoms with van der Waals surface area (Å²) in [5, 5.41) is 0. The monoisotopic (exact) mass is 547 g/mol. The van der Waals surface area contributed by atoms with E-state index in [1.165, 1.54) is 0 Å². The quantitative estimate of drug-likeness (QED) is 0.405. The van der Waals surface area contributed by atoms with Gasteiger partial charge in [-0.15, -0.1) is 0 Å². The van der Waals surface area contributed by atoms with Crippen molar-refractivity contribution in [3.8, 4) is 0 Å². The second-order valence-electron chi connectivity index (χ2n) is 7.16. The van der Waals surface area contributed by atoms with Gasteiger partial charge in [0.15, 0.2) is 0 Å². The number of fused-ring (bicyclic) bond motifs is 2. The summed E-state index contributed by atoms with van der Waals surface area (Å²) in [5.74, 6) is 0. The second kappa shape index (κ2) is 7.66. The van der Waals surface area contributed by atoms with E-state index in [1.807, 2.05) is 60.7 Å². The number of carbonyl (C=O) groups excluding carboxylic acids is 2. The molecule has 0 fully saturated rings. The summed E-state index contributed by atoms with van der Waals surface area (Å²) in [5.41, 5.74) is 4.32. The summed E-state index contributed by atoms with van der Waals surface area (Å²) in [6, 6.07) is 16.1. The standard InChI is InChI=1S/2C9H7.2CH3NO.2ClH.Ga.Zr/c2*1-2-5-9-7-3-6-8(9)4-1;2*2-1-3;;;;/h2*1-7H;2*1H,(H2,2,3);2*1H;;/q;;;;;;2*+2/p-4. The van der Waals surface area contributed by atoms with Gasteiger partial charge in [0.25, 0.3) is 0 Å². The molecule has 2 aliphatic rings. The van der Waals surface area contributed by atoms with Crippen LogP contribution in [0.25, 0.3) is 12.2 Å². The molecule has 0 saturated carbocycles. The van der Waals surface area contributed by atoms with E-state index in [9.17, 15) is 9.59 Å². The van der Waals surface area contributed by atoms with Crippen LogP contribution in [0.2, 0.25) is 0 Å². The molecule has 0 aliphatic heterocycles. The topological polar surface area (TPSA) is 58.2 Å². The summed E-state index contributed by atoms with van der Waals surface area (Å²) >= 11 is -8.19. The van der Waals surface area contributed by atoms with Crippen molar-refractivity contribution in [2.45, 2.75) is 7.25 Å². The van der Waals surface area contributed by atoms with Crippen LogP contribution in [0.4, 0.5) is 0 Å². The molecule has 2 atom stereocenters. The zero-order valence-electron chi connectivity index (χ0n) is 14.9. The van der Waals surface area contributed by atoms with Gasteiger partial charge in [0.2, 0.25) is 0 Å². The molecule has 0 spiro atoms. The van der Waals surface area contributed by atoms with Gasteiger partial charge in [-0.2, -0.15) is 0 Å². The first-order valence-electron chi connectivity index (χ1n) is 9.01. The fraction of sp³-hybridized carbons (Fsp3) is 0.100. The van der Waals surface area contributed by atoms with Crippen LogP contribution in [0.3, 0.4) is 0 Å². The summed E-state index contributed by atoms with van der Waals surface area (Å²) in [7, 11) is 15.4. The fourth-order valence-corrected chi connectivity index (χ4v) is 54.1. The fourth-order valence-electron chi connectivity index (χ4n) is 4.52. The third-order valence-electron chi connectivity index (χ3n) is 5.81. The van der Waals surface area contributed by atoms with E-state index in [0.717, 1.165) is 22.3 Å². The molecule has 2 aliphatic carbocycles. The van der Waals surface area contributed by atoms with Gasteiger partial charge in [-0.05, 0) is 0 Å². The molecule has 2 unspecified atom stereocenters. The van der Waals surface area contributed by atoms with Gasteiger partial charge >= 0.3 is 176 Å². The minimum atomic E-state index is -4.97. The predicted octanol–water partition coefficient (Wildman–Crippen LogP) is 4.00. The molecule has 8 heteroatoms. The van der Waals surface area contributed by atoms with Crippen LogP contribution < -0.4 is 8.05 Å². The van der Waals surface area contributed by atoms with Crippen molar-refractivity contribution in [2.24, 2.45) is 0 Å². The number of hydrogen-bond donors (Lipinski definition) is 2. The molecule has 2 aromatic rings. The van der Waals surface area contributed by atoms with Gasteiger partial charge < -0.3 is 0 Å². The number of nitrogens with one attached hydrogen (secondary N) is 2. The van der Waals surface area contributed by atoms with Gasteiger partial charge in [0, 0.05) is 0 Å². The maximum absolute atomic E-state index is 11.5. The van der Waals surface area contributed by atoms with Crippen LogP contribution in [0.1, 0.15) is 29.5 Å². The average Bonchev–Trinajstić information content (AvgIpc) is 3.33. The Morgan fingerprint density at radius 2 is 1.21 bits per heavy atom. The molecular weight excluding hydrogens is 532 g/mol. The summed E-state index contributed by atoms with van der Waals surface area (Å²) < 4.78 is 5.44. The molecule has 2 N–H and O–H groups in total. The number of rotatable bonds is 7. The zero-order chi connectivity index (χ0) is 19.8. The average molecular weight is 550 g/mol. The summed E-state index contributed by atoms with van der Waals surface area (Å²) in [4.78, 5) is 22.9. The Balaban J connectivity index is 1.95. The van der Waals surface area contributed by atoms with E-state index in [-0.39, 0.29) is 7.25 Å². The maximum atomic E-state index is 11.5. The van der Waals surface area contributed by atoms with Gasteiger partial charge in [-0.1, -0.05) is 0 Å². The molecule has 0 radical (unpaired) electrons. The van der Waals surface area contributed by atoms with E-state index < -0.39 is 26.0 Å². The van der Waals surface area contributed by atoms with E-state index in [2.05, 4.69) is 20.2 Å². The first-order valence-corrected chi connectivity index (χ1v) is 29.2. The molecule has 4 nitrogen and oxygen atoms in total. The van der Waals surface area contributed by atoms with Crippen LogP contribution >= 0.6 is 17.0 Å². The number of halogens is 2. The second-order valence-corrected chi connectivity index (χ2v) is 62.5. The van der Waals surface area contributed by atoms with Crippen molar-refractivity contribution < 1.29 is 22.9 Å². The Labute approximate surface area is 174 Å². The van der Waals surface area contributed by atoms with Gasteiger partial charge in [0.1, 0.15) is 0 Å². The van der Waals surface area contributed by atoms with Crippen molar-refractivity contribution in [3.63, 3.8) is 0 Å². The summed E-state index contributed by atoms with van der Waals surface area (Å²) in [6.45, 7) is 0. The Bertz CT molecular complexity index is 936. The van der Waals surface area contributed by atoms with Gasteiger partial charge in [0.05, 0.1) is 0 Å². The van der Waals surface area contributed by atoms with Crippen molar-refractivity contribution in [3.05, 3.63) is 82.9 Å². The Kier molecular flexibility index (Phi) is 5.53. The molecule has 0 aromatic heterocycles. The van der Waals surface area contributed by atoms with Crippen molar-refractivity contribution >= 4 is 54.6 Å². The van der Waals surface area contributed by atoms with Gasteiger partial charge in [-0.3, -0.25) is 0 Å². The molecule has 4 rings (SSSR count). The van der Waals surface area contributed by atoms with Gasteiger partial charge in [-0.25, -0.2) is 0 Å². The Morgan fingerprint density at radius 3 is 1.64 bits per heavy atom. The molecule has 0 heterocycles. The van der Waals surface area contributed by atoms with Crippen LogP contribution in [0, 0.1) is 0 Å². The molecule has 2 aromatic carbocycles. The molecule has 28 heavy (non-hydrogen) atoms. The van der Waals surface area contributed by atoms with E-state index in [4.69, 9.17) is 17.0 Å². The predicted molar refractivity (Wildman–Crippen MR) is 112 cm³/mol. The van der Waals surface area contributed by atoms with Crippen LogP contribution in [-0.4, -0.2) is 25.5 Å². The van der Waals surface area contributed by atoms with Crippen LogP contribution in [-0.2, 0) is 22.9 Å². The first kappa shape index (κ1) is 20.2. The van der Waals surface area contributed by atoms with Crippen LogP contribution in [0.5, 0.6) is 0 Å². The number of carbonyl (C=O) groups is 2. The molecule has 141 valence electrons. The number of benzene rings is 2. The number of allylic oxidation sites excluding steroid dienone is 2. The molecule has 0 bridgehead atoms. The zero-order valence-corrected chi connectivity index (χ0v) is 21.3. The van der Waals surface area contributed by atoms with E-state index in [1.54, 1.807) is 0 Å². The molecule has 0 saturated heterocycles. The van der Waals surface area contributed by atoms with Crippen molar-refractivity contribution in [2.75, 3.05) is 0 Å². The van der Waals surface area contributed by atoms with Crippen molar-refractivity contribution in [1.29, 1.82) is 0 Å². The first-order chi connectivity index (χ1) is 13.5. The van der Waals surface area contributed by atoms with E-state index >= 15 is 0 Å². The third kappa shape index (κ3) is 3.01. The Hall–Kier alpha value is -1.04. The normalized spacial score (nSPS) is 20.6. The summed E-state index contributed by atoms with van der Waals surface area (Å²) in [6.07, 6.45) is 9.50. The van der Waals surface area contributed by atoms with Crippen LogP contribution in [0.15, 0.2) is 60.7 Å². The third-order valence-corrected chi connectivity index (χ3v) is 64.7. The molecular formula is C20H18Cl2GaN2O2Zr. The SMILES string of the molecule is O=C[NH][Ga]([NH]C=O)[Zr]([Cl])([Cl])([CH]1C=Cc2ccccc21)[CH]1C=Cc2ccccc21. The number of hydrogen-bond acceptors (Lipinski definition) is 2. The Morgan fingerprint density at radius 1 is 0.786 bits per heavy atom. The number of amides is 2. The van der Waals surface area contributed by atoms with Crippen molar-refractivity contribution in [1.82, 2.24) is 8.05 Å². The molecule has 2 amide bonds. The van der Waals surface area contributed by atoms with E-state index in [0.29, 0.717) is 12.8 Å².